The van der Waals surface area contributed by atoms with Crippen LogP contribution in [0.5, 0.6) is 0 Å². The van der Waals surface area contributed by atoms with Crippen LogP contribution in [0.2, 0.25) is 5.02 Å². The van der Waals surface area contributed by atoms with Crippen molar-refractivity contribution in [2.24, 2.45) is 0 Å². The van der Waals surface area contributed by atoms with Gasteiger partial charge in [-0.2, -0.15) is 0 Å². The molecule has 104 valence electrons. The van der Waals surface area contributed by atoms with Gasteiger partial charge in [0.25, 0.3) is 5.91 Å². The van der Waals surface area contributed by atoms with Crippen molar-refractivity contribution >= 4 is 28.9 Å². The van der Waals surface area contributed by atoms with Crippen LogP contribution in [0, 0.1) is 0 Å². The Balaban J connectivity index is 2.14. The zero-order valence-electron chi connectivity index (χ0n) is 11.1. The number of benzene rings is 2. The first-order valence-corrected chi connectivity index (χ1v) is 6.58. The second-order valence-electron chi connectivity index (χ2n) is 4.33. The lowest BCUT2D eigenvalue weighted by atomic mass is 10.1. The molecule has 20 heavy (non-hydrogen) atoms. The van der Waals surface area contributed by atoms with Crippen LogP contribution in [0.3, 0.4) is 0 Å². The van der Waals surface area contributed by atoms with Crippen LogP contribution in [0.4, 0.5) is 11.4 Å². The van der Waals surface area contributed by atoms with Crippen LogP contribution in [-0.4, -0.2) is 13.0 Å². The van der Waals surface area contributed by atoms with Crippen molar-refractivity contribution in [3.63, 3.8) is 0 Å². The van der Waals surface area contributed by atoms with Crippen LogP contribution in [-0.2, 0) is 6.54 Å². The third-order valence-corrected chi connectivity index (χ3v) is 3.31. The Hall–Kier alpha value is -2.20. The van der Waals surface area contributed by atoms with E-state index in [2.05, 4.69) is 10.6 Å². The second kappa shape index (κ2) is 6.30. The molecule has 0 unspecified atom stereocenters. The van der Waals surface area contributed by atoms with E-state index in [1.807, 2.05) is 30.3 Å². The van der Waals surface area contributed by atoms with Gasteiger partial charge in [-0.25, -0.2) is 0 Å². The molecule has 0 atom stereocenters. The summed E-state index contributed by atoms with van der Waals surface area (Å²) < 4.78 is 0. The average molecular weight is 290 g/mol. The highest BCUT2D eigenvalue weighted by Gasteiger charge is 2.09. The summed E-state index contributed by atoms with van der Waals surface area (Å²) >= 11 is 6.00. The van der Waals surface area contributed by atoms with Gasteiger partial charge in [-0.3, -0.25) is 4.79 Å². The summed E-state index contributed by atoms with van der Waals surface area (Å²) in [6.07, 6.45) is 0. The monoisotopic (exact) mass is 289 g/mol. The standard InChI is InChI=1S/C15H16ClN3O/c1-18-15(20)12-8-11(6-7-13(12)16)19-9-10-4-2-3-5-14(10)17/h2-8,19H,9,17H2,1H3,(H,18,20). The molecular formula is C15H16ClN3O. The van der Waals surface area contributed by atoms with Crippen molar-refractivity contribution in [2.45, 2.75) is 6.54 Å². The van der Waals surface area contributed by atoms with Crippen LogP contribution < -0.4 is 16.4 Å². The number of nitrogens with two attached hydrogens (primary N) is 1. The molecule has 4 N–H and O–H groups in total. The third-order valence-electron chi connectivity index (χ3n) is 2.98. The Morgan fingerprint density at radius 1 is 1.25 bits per heavy atom. The minimum absolute atomic E-state index is 0.210. The fourth-order valence-electron chi connectivity index (χ4n) is 1.84. The molecule has 2 aromatic rings. The number of amides is 1. The summed E-state index contributed by atoms with van der Waals surface area (Å²) in [5.41, 5.74) is 8.88. The van der Waals surface area contributed by atoms with Gasteiger partial charge in [0.15, 0.2) is 0 Å². The fraction of sp³-hybridized carbons (Fsp3) is 0.133. The number of nitrogens with one attached hydrogen (secondary N) is 2. The van der Waals surface area contributed by atoms with E-state index in [4.69, 9.17) is 17.3 Å². The maximum absolute atomic E-state index is 11.7. The molecule has 0 aliphatic rings. The van der Waals surface area contributed by atoms with E-state index in [1.54, 1.807) is 19.2 Å². The van der Waals surface area contributed by atoms with E-state index >= 15 is 0 Å². The molecule has 0 radical (unpaired) electrons. The van der Waals surface area contributed by atoms with E-state index in [1.165, 1.54) is 0 Å². The number of nitrogen functional groups attached to an aromatic ring is 1. The molecule has 0 heterocycles. The van der Waals surface area contributed by atoms with E-state index < -0.39 is 0 Å². The lowest BCUT2D eigenvalue weighted by molar-refractivity contribution is 0.0963. The van der Waals surface area contributed by atoms with E-state index in [0.29, 0.717) is 17.1 Å². The smallest absolute Gasteiger partial charge is 0.252 e. The molecule has 5 heteroatoms. The predicted octanol–water partition coefficient (Wildman–Crippen LogP) is 2.89. The van der Waals surface area contributed by atoms with E-state index in [0.717, 1.165) is 16.9 Å². The molecule has 0 aliphatic heterocycles. The highest BCUT2D eigenvalue weighted by Crippen LogP contribution is 2.21. The van der Waals surface area contributed by atoms with Gasteiger partial charge in [-0.05, 0) is 29.8 Å². The minimum Gasteiger partial charge on any atom is -0.398 e. The molecule has 2 rings (SSSR count). The van der Waals surface area contributed by atoms with Crippen molar-refractivity contribution in [3.05, 3.63) is 58.6 Å². The highest BCUT2D eigenvalue weighted by molar-refractivity contribution is 6.34. The summed E-state index contributed by atoms with van der Waals surface area (Å²) in [4.78, 5) is 11.7. The molecule has 1 amide bonds. The number of hydrogen-bond acceptors (Lipinski definition) is 3. The summed E-state index contributed by atoms with van der Waals surface area (Å²) in [5.74, 6) is -0.210. The van der Waals surface area contributed by atoms with Crippen molar-refractivity contribution in [2.75, 3.05) is 18.1 Å². The van der Waals surface area contributed by atoms with Gasteiger partial charge in [0.05, 0.1) is 10.6 Å². The van der Waals surface area contributed by atoms with Crippen molar-refractivity contribution in [3.8, 4) is 0 Å². The molecule has 0 saturated carbocycles. The average Bonchev–Trinajstić information content (AvgIpc) is 2.47. The largest absolute Gasteiger partial charge is 0.398 e. The first-order valence-electron chi connectivity index (χ1n) is 6.20. The lowest BCUT2D eigenvalue weighted by Crippen LogP contribution is -2.18. The van der Waals surface area contributed by atoms with Crippen LogP contribution >= 0.6 is 11.6 Å². The van der Waals surface area contributed by atoms with Crippen LogP contribution in [0.25, 0.3) is 0 Å². The second-order valence-corrected chi connectivity index (χ2v) is 4.73. The first kappa shape index (κ1) is 14.2. The quantitative estimate of drug-likeness (QED) is 0.758. The van der Waals surface area contributed by atoms with Gasteiger partial charge in [-0.1, -0.05) is 29.8 Å². The first-order chi connectivity index (χ1) is 9.61. The Bertz CT molecular complexity index is 628. The van der Waals surface area contributed by atoms with Crippen molar-refractivity contribution in [1.82, 2.24) is 5.32 Å². The van der Waals surface area contributed by atoms with Crippen LogP contribution in [0.1, 0.15) is 15.9 Å². The summed E-state index contributed by atoms with van der Waals surface area (Å²) in [6, 6.07) is 12.9. The van der Waals surface area contributed by atoms with E-state index in [9.17, 15) is 4.79 Å². The summed E-state index contributed by atoms with van der Waals surface area (Å²) in [5, 5.41) is 6.22. The normalized spacial score (nSPS) is 10.1. The SMILES string of the molecule is CNC(=O)c1cc(NCc2ccccc2N)ccc1Cl. The molecule has 4 nitrogen and oxygen atoms in total. The maximum atomic E-state index is 11.7. The van der Waals surface area contributed by atoms with Gasteiger partial charge < -0.3 is 16.4 Å². The Labute approximate surface area is 122 Å². The van der Waals surface area contributed by atoms with Crippen molar-refractivity contribution < 1.29 is 4.79 Å². The van der Waals surface area contributed by atoms with Gasteiger partial charge in [0.2, 0.25) is 0 Å². The summed E-state index contributed by atoms with van der Waals surface area (Å²) in [7, 11) is 1.57. The molecule has 0 fully saturated rings. The van der Waals surface area contributed by atoms with Gasteiger partial charge in [0, 0.05) is 25.0 Å². The Kier molecular flexibility index (Phi) is 4.48. The third kappa shape index (κ3) is 3.22. The molecular weight excluding hydrogens is 274 g/mol. The van der Waals surface area contributed by atoms with Gasteiger partial charge >= 0.3 is 0 Å². The predicted molar refractivity (Wildman–Crippen MR) is 83.0 cm³/mol. The number of halogens is 1. The molecule has 0 saturated heterocycles. The number of rotatable bonds is 4. The number of anilines is 2. The van der Waals surface area contributed by atoms with Gasteiger partial charge in [0.1, 0.15) is 0 Å². The molecule has 0 aromatic heterocycles. The van der Waals surface area contributed by atoms with E-state index in [-0.39, 0.29) is 5.91 Å². The maximum Gasteiger partial charge on any atom is 0.252 e. The Morgan fingerprint density at radius 2 is 2.00 bits per heavy atom. The minimum atomic E-state index is -0.210. The fourth-order valence-corrected chi connectivity index (χ4v) is 2.04. The summed E-state index contributed by atoms with van der Waals surface area (Å²) in [6.45, 7) is 0.585. The van der Waals surface area contributed by atoms with Crippen molar-refractivity contribution in [1.29, 1.82) is 0 Å². The molecule has 0 spiro atoms. The Morgan fingerprint density at radius 3 is 2.70 bits per heavy atom. The molecule has 0 bridgehead atoms. The lowest BCUT2D eigenvalue weighted by Gasteiger charge is -2.11. The topological polar surface area (TPSA) is 67.2 Å². The number of carbonyl (C=O) groups is 1. The number of hydrogen-bond donors (Lipinski definition) is 3. The zero-order valence-corrected chi connectivity index (χ0v) is 11.9. The van der Waals surface area contributed by atoms with Crippen LogP contribution in [0.15, 0.2) is 42.5 Å². The molecule has 2 aromatic carbocycles. The molecule has 0 aliphatic carbocycles. The zero-order chi connectivity index (χ0) is 14.5. The highest BCUT2D eigenvalue weighted by atomic mass is 35.5. The van der Waals surface area contributed by atoms with Gasteiger partial charge in [-0.15, -0.1) is 0 Å². The number of para-hydroxylation sites is 1. The number of carbonyl (C=O) groups excluding carboxylic acids is 1.